The van der Waals surface area contributed by atoms with Crippen LogP contribution in [0.3, 0.4) is 0 Å². The van der Waals surface area contributed by atoms with Gasteiger partial charge >= 0.3 is 5.97 Å². The summed E-state index contributed by atoms with van der Waals surface area (Å²) in [5, 5.41) is 7.63. The Labute approximate surface area is 259 Å². The molecule has 0 aliphatic heterocycles. The van der Waals surface area contributed by atoms with Crippen molar-refractivity contribution in [2.24, 2.45) is 5.92 Å². The van der Waals surface area contributed by atoms with Crippen molar-refractivity contribution in [3.05, 3.63) is 60.2 Å². The molecule has 1 aliphatic rings. The summed E-state index contributed by atoms with van der Waals surface area (Å²) in [6, 6.07) is 17.2. The maximum absolute atomic E-state index is 12.8. The largest absolute Gasteiger partial charge is 0.496 e. The number of hydrogen-bond acceptors (Lipinski definition) is 7. The Morgan fingerprint density at radius 1 is 1.05 bits per heavy atom. The van der Waals surface area contributed by atoms with Gasteiger partial charge in [0.1, 0.15) is 24.7 Å². The minimum atomic E-state index is -0.538. The summed E-state index contributed by atoms with van der Waals surface area (Å²) in [4.78, 5) is 38.7. The number of nitrogens with one attached hydrogen (secondary N) is 1. The van der Waals surface area contributed by atoms with Crippen LogP contribution in [-0.2, 0) is 25.7 Å². The van der Waals surface area contributed by atoms with Crippen LogP contribution in [0.15, 0.2) is 54.6 Å². The highest BCUT2D eigenvalue weighted by Crippen LogP contribution is 2.43. The predicted molar refractivity (Wildman–Crippen MR) is 169 cm³/mol. The number of hydrogen-bond donors (Lipinski definition) is 1. The van der Waals surface area contributed by atoms with Crippen molar-refractivity contribution in [2.75, 3.05) is 25.7 Å². The highest BCUT2D eigenvalue weighted by molar-refractivity contribution is 5.85. The van der Waals surface area contributed by atoms with Gasteiger partial charge in [-0.1, -0.05) is 69.5 Å². The van der Waals surface area contributed by atoms with E-state index in [1.165, 1.54) is 13.5 Å². The molecule has 236 valence electrons. The van der Waals surface area contributed by atoms with Gasteiger partial charge in [0.15, 0.2) is 5.82 Å². The molecule has 0 spiro atoms. The van der Waals surface area contributed by atoms with E-state index < -0.39 is 12.0 Å². The molecule has 10 heteroatoms. The number of carbonyl (C=O) groups is 3. The summed E-state index contributed by atoms with van der Waals surface area (Å²) in [6.45, 7) is 4.23. The molecule has 1 saturated carbocycles. The number of nitrogens with zero attached hydrogens (tertiary/aromatic N) is 3. The SMILES string of the molecule is COC(=O)CNC(=O)C[C@H](CC(C)C)N(C=O)c1cc(-c2c(OC)cccc2OCc2ccccc2)n(C2CCCCC2)n1. The molecule has 2 aromatic carbocycles. The van der Waals surface area contributed by atoms with E-state index in [9.17, 15) is 14.4 Å². The molecule has 1 atom stereocenters. The molecule has 1 N–H and O–H groups in total. The van der Waals surface area contributed by atoms with Gasteiger partial charge in [-0.3, -0.25) is 24.0 Å². The van der Waals surface area contributed by atoms with Crippen molar-refractivity contribution in [3.63, 3.8) is 0 Å². The number of carbonyl (C=O) groups excluding carboxylic acids is 3. The van der Waals surface area contributed by atoms with Crippen molar-refractivity contribution < 1.29 is 28.6 Å². The number of rotatable bonds is 15. The first kappa shape index (κ1) is 32.6. The highest BCUT2D eigenvalue weighted by Gasteiger charge is 2.30. The Balaban J connectivity index is 1.75. The van der Waals surface area contributed by atoms with Crippen LogP contribution in [-0.4, -0.2) is 54.9 Å². The number of methoxy groups -OCH3 is 2. The number of ether oxygens (including phenoxy) is 3. The molecular weight excluding hydrogens is 560 g/mol. The van der Waals surface area contributed by atoms with Gasteiger partial charge in [0.2, 0.25) is 12.3 Å². The maximum Gasteiger partial charge on any atom is 0.325 e. The summed E-state index contributed by atoms with van der Waals surface area (Å²) in [6.07, 6.45) is 6.62. The lowest BCUT2D eigenvalue weighted by Crippen LogP contribution is -2.41. The summed E-state index contributed by atoms with van der Waals surface area (Å²) in [5.74, 6) is 1.05. The molecule has 0 bridgehead atoms. The zero-order valence-electron chi connectivity index (χ0n) is 26.2. The third-order valence-electron chi connectivity index (χ3n) is 7.94. The Morgan fingerprint density at radius 3 is 2.43 bits per heavy atom. The molecule has 0 saturated heterocycles. The molecule has 10 nitrogen and oxygen atoms in total. The topological polar surface area (TPSA) is 112 Å². The van der Waals surface area contributed by atoms with E-state index in [0.717, 1.165) is 48.9 Å². The van der Waals surface area contributed by atoms with Crippen LogP contribution in [0.2, 0.25) is 0 Å². The monoisotopic (exact) mass is 604 g/mol. The van der Waals surface area contributed by atoms with Crippen molar-refractivity contribution in [1.82, 2.24) is 15.1 Å². The fraction of sp³-hybridized carbons (Fsp3) is 0.471. The molecule has 1 fully saturated rings. The van der Waals surface area contributed by atoms with Crippen LogP contribution in [0.5, 0.6) is 11.5 Å². The third-order valence-corrected chi connectivity index (χ3v) is 7.94. The molecule has 1 heterocycles. The molecule has 1 aromatic heterocycles. The second-order valence-corrected chi connectivity index (χ2v) is 11.6. The van der Waals surface area contributed by atoms with Crippen LogP contribution in [0.1, 0.15) is 70.4 Å². The third kappa shape index (κ3) is 8.39. The summed E-state index contributed by atoms with van der Waals surface area (Å²) < 4.78 is 18.9. The van der Waals surface area contributed by atoms with Crippen LogP contribution in [0, 0.1) is 5.92 Å². The normalized spacial score (nSPS) is 14.1. The minimum Gasteiger partial charge on any atom is -0.496 e. The number of anilines is 1. The van der Waals surface area contributed by atoms with Crippen LogP contribution >= 0.6 is 0 Å². The van der Waals surface area contributed by atoms with Gasteiger partial charge in [0, 0.05) is 18.5 Å². The van der Waals surface area contributed by atoms with Crippen molar-refractivity contribution >= 4 is 24.1 Å². The van der Waals surface area contributed by atoms with E-state index in [-0.39, 0.29) is 30.8 Å². The zero-order valence-corrected chi connectivity index (χ0v) is 26.2. The Bertz CT molecular complexity index is 1380. The predicted octanol–water partition coefficient (Wildman–Crippen LogP) is 5.70. The number of amides is 2. The first-order chi connectivity index (χ1) is 21.3. The first-order valence-electron chi connectivity index (χ1n) is 15.3. The van der Waals surface area contributed by atoms with Crippen molar-refractivity contribution in [1.29, 1.82) is 0 Å². The Hall–Kier alpha value is -4.34. The molecule has 1 aliphatic carbocycles. The van der Waals surface area contributed by atoms with Crippen molar-refractivity contribution in [2.45, 2.75) is 77.5 Å². The fourth-order valence-corrected chi connectivity index (χ4v) is 5.78. The lowest BCUT2D eigenvalue weighted by molar-refractivity contribution is -0.141. The first-order valence-corrected chi connectivity index (χ1v) is 15.3. The molecule has 3 aromatic rings. The molecule has 2 amide bonds. The second-order valence-electron chi connectivity index (χ2n) is 11.6. The quantitative estimate of drug-likeness (QED) is 0.175. The lowest BCUT2D eigenvalue weighted by atomic mass is 9.95. The van der Waals surface area contributed by atoms with Crippen LogP contribution in [0.25, 0.3) is 11.3 Å². The second kappa shape index (κ2) is 15.9. The van der Waals surface area contributed by atoms with Crippen LogP contribution in [0.4, 0.5) is 5.82 Å². The van der Waals surface area contributed by atoms with E-state index >= 15 is 0 Å². The molecule has 0 radical (unpaired) electrons. The van der Waals surface area contributed by atoms with Crippen LogP contribution < -0.4 is 19.7 Å². The number of aromatic nitrogens is 2. The average molecular weight is 605 g/mol. The van der Waals surface area contributed by atoms with E-state index in [4.69, 9.17) is 14.6 Å². The van der Waals surface area contributed by atoms with E-state index in [1.807, 2.05) is 73.1 Å². The van der Waals surface area contributed by atoms with Gasteiger partial charge in [0.25, 0.3) is 0 Å². The van der Waals surface area contributed by atoms with Gasteiger partial charge in [-0.15, -0.1) is 0 Å². The Kier molecular flexibility index (Phi) is 11.8. The van der Waals surface area contributed by atoms with Gasteiger partial charge in [-0.05, 0) is 42.9 Å². The van der Waals surface area contributed by atoms with Crippen molar-refractivity contribution in [3.8, 4) is 22.8 Å². The summed E-state index contributed by atoms with van der Waals surface area (Å²) in [7, 11) is 2.90. The van der Waals surface area contributed by atoms with Gasteiger partial charge < -0.3 is 19.5 Å². The maximum atomic E-state index is 12.8. The van der Waals surface area contributed by atoms with E-state index in [0.29, 0.717) is 30.3 Å². The molecule has 44 heavy (non-hydrogen) atoms. The standard InChI is InChI=1S/C34H44N4O6/c1-24(2)18-27(19-32(40)35-21-33(41)43-4)37(23-39)31-20-28(38(36-31)26-14-9-6-10-15-26)34-29(42-3)16-11-17-30(34)44-22-25-12-7-5-8-13-25/h5,7-8,11-13,16-17,20,23-24,26-27H,6,9-10,14-15,18-19,21-22H2,1-4H3,(H,35,40)/t27-/m0/s1. The fourth-order valence-electron chi connectivity index (χ4n) is 5.78. The number of benzene rings is 2. The van der Waals surface area contributed by atoms with Gasteiger partial charge in [0.05, 0.1) is 31.5 Å². The van der Waals surface area contributed by atoms with E-state index in [2.05, 4.69) is 10.1 Å². The van der Waals surface area contributed by atoms with Gasteiger partial charge in [-0.2, -0.15) is 5.10 Å². The minimum absolute atomic E-state index is 0.0135. The average Bonchev–Trinajstić information content (AvgIpc) is 3.47. The van der Waals surface area contributed by atoms with Gasteiger partial charge in [-0.25, -0.2) is 0 Å². The zero-order chi connectivity index (χ0) is 31.5. The Morgan fingerprint density at radius 2 is 1.77 bits per heavy atom. The van der Waals surface area contributed by atoms with E-state index in [1.54, 1.807) is 12.0 Å². The molecule has 0 unspecified atom stereocenters. The smallest absolute Gasteiger partial charge is 0.325 e. The lowest BCUT2D eigenvalue weighted by Gasteiger charge is -2.28. The summed E-state index contributed by atoms with van der Waals surface area (Å²) in [5.41, 5.74) is 2.59. The highest BCUT2D eigenvalue weighted by atomic mass is 16.5. The molecule has 4 rings (SSSR count). The number of esters is 1. The summed E-state index contributed by atoms with van der Waals surface area (Å²) >= 11 is 0. The molecular formula is C34H44N4O6.